The van der Waals surface area contributed by atoms with E-state index in [1.807, 2.05) is 24.3 Å². The van der Waals surface area contributed by atoms with Gasteiger partial charge in [-0.3, -0.25) is 0 Å². The van der Waals surface area contributed by atoms with Gasteiger partial charge in [-0.25, -0.2) is 4.39 Å². The summed E-state index contributed by atoms with van der Waals surface area (Å²) in [4.78, 5) is 2.49. The molecule has 0 atom stereocenters. The van der Waals surface area contributed by atoms with Gasteiger partial charge in [0.25, 0.3) is 0 Å². The normalized spacial score (nSPS) is 10.4. The van der Waals surface area contributed by atoms with Gasteiger partial charge >= 0.3 is 0 Å². The summed E-state index contributed by atoms with van der Waals surface area (Å²) in [6.45, 7) is 1.69. The van der Waals surface area contributed by atoms with Crippen molar-refractivity contribution in [3.05, 3.63) is 46.8 Å². The lowest BCUT2D eigenvalue weighted by molar-refractivity contribution is 0.485. The lowest BCUT2D eigenvalue weighted by atomic mass is 10.1. The van der Waals surface area contributed by atoms with Gasteiger partial charge in [-0.15, -0.1) is 11.3 Å². The highest BCUT2D eigenvalue weighted by Crippen LogP contribution is 2.28. The van der Waals surface area contributed by atoms with Gasteiger partial charge in [-0.05, 0) is 36.2 Å². The lowest BCUT2D eigenvalue weighted by Crippen LogP contribution is -1.78. The molecule has 0 aliphatic rings. The van der Waals surface area contributed by atoms with E-state index in [1.54, 1.807) is 11.3 Å². The van der Waals surface area contributed by atoms with Crippen molar-refractivity contribution in [3.8, 4) is 10.4 Å². The van der Waals surface area contributed by atoms with Gasteiger partial charge in [-0.1, -0.05) is 18.2 Å². The van der Waals surface area contributed by atoms with Crippen molar-refractivity contribution in [2.45, 2.75) is 13.6 Å². The van der Waals surface area contributed by atoms with Crippen molar-refractivity contribution in [2.75, 3.05) is 0 Å². The van der Waals surface area contributed by atoms with Gasteiger partial charge in [0, 0.05) is 9.75 Å². The van der Waals surface area contributed by atoms with E-state index in [1.165, 1.54) is 9.75 Å². The summed E-state index contributed by atoms with van der Waals surface area (Å²) < 4.78 is 12.4. The molecule has 0 saturated heterocycles. The van der Waals surface area contributed by atoms with E-state index in [-0.39, 0.29) is 0 Å². The smallest absolute Gasteiger partial charge is 0.115 e. The summed E-state index contributed by atoms with van der Waals surface area (Å²) in [5.74, 6) is 0. The number of hydrogen-bond acceptors (Lipinski definition) is 1. The third kappa shape index (κ3) is 1.85. The summed E-state index contributed by atoms with van der Waals surface area (Å²) >= 11 is 1.74. The van der Waals surface area contributed by atoms with Crippen LogP contribution in [0.15, 0.2) is 36.4 Å². The zero-order chi connectivity index (χ0) is 9.97. The molecule has 1 aromatic heterocycles. The number of rotatable bonds is 2. The standard InChI is InChI=1S/C12H11FS/c1-9-5-6-12(14-9)11-4-2-3-10(7-11)8-13/h2-7H,8H2,1H3. The highest BCUT2D eigenvalue weighted by molar-refractivity contribution is 7.15. The van der Waals surface area contributed by atoms with Gasteiger partial charge in [0.15, 0.2) is 0 Å². The Morgan fingerprint density at radius 3 is 2.71 bits per heavy atom. The molecule has 2 rings (SSSR count). The van der Waals surface area contributed by atoms with Gasteiger partial charge in [-0.2, -0.15) is 0 Å². The molecule has 0 amide bonds. The van der Waals surface area contributed by atoms with E-state index < -0.39 is 6.67 Å². The molecule has 0 fully saturated rings. The van der Waals surface area contributed by atoms with Crippen molar-refractivity contribution in [1.29, 1.82) is 0 Å². The molecular formula is C12H11FS. The Balaban J connectivity index is 2.41. The third-order valence-electron chi connectivity index (χ3n) is 2.11. The van der Waals surface area contributed by atoms with Gasteiger partial charge in [0.05, 0.1) is 0 Å². The van der Waals surface area contributed by atoms with Crippen LogP contribution in [0.5, 0.6) is 0 Å². The highest BCUT2D eigenvalue weighted by atomic mass is 32.1. The first-order valence-electron chi connectivity index (χ1n) is 4.51. The molecule has 0 radical (unpaired) electrons. The zero-order valence-electron chi connectivity index (χ0n) is 7.96. The van der Waals surface area contributed by atoms with Gasteiger partial charge in [0.2, 0.25) is 0 Å². The van der Waals surface area contributed by atoms with Crippen molar-refractivity contribution in [3.63, 3.8) is 0 Å². The molecule has 14 heavy (non-hydrogen) atoms. The maximum Gasteiger partial charge on any atom is 0.115 e. The molecular weight excluding hydrogens is 195 g/mol. The molecule has 0 aliphatic heterocycles. The minimum absolute atomic E-state index is 0.391. The van der Waals surface area contributed by atoms with Crippen LogP contribution in [0.4, 0.5) is 4.39 Å². The van der Waals surface area contributed by atoms with E-state index in [4.69, 9.17) is 0 Å². The first kappa shape index (κ1) is 9.41. The number of aryl methyl sites for hydroxylation is 1. The summed E-state index contributed by atoms with van der Waals surface area (Å²) in [6, 6.07) is 11.8. The molecule has 1 aromatic carbocycles. The van der Waals surface area contributed by atoms with Gasteiger partial charge < -0.3 is 0 Å². The Labute approximate surface area is 87.0 Å². The van der Waals surface area contributed by atoms with Crippen LogP contribution < -0.4 is 0 Å². The van der Waals surface area contributed by atoms with Crippen molar-refractivity contribution in [2.24, 2.45) is 0 Å². The molecule has 0 unspecified atom stereocenters. The highest BCUT2D eigenvalue weighted by Gasteiger charge is 2.01. The lowest BCUT2D eigenvalue weighted by Gasteiger charge is -1.99. The molecule has 72 valence electrons. The predicted molar refractivity (Wildman–Crippen MR) is 59.3 cm³/mol. The third-order valence-corrected chi connectivity index (χ3v) is 3.16. The Kier molecular flexibility index (Phi) is 2.64. The second kappa shape index (κ2) is 3.93. The van der Waals surface area contributed by atoms with E-state index >= 15 is 0 Å². The first-order chi connectivity index (χ1) is 6.79. The summed E-state index contributed by atoms with van der Waals surface area (Å²) in [5.41, 5.74) is 1.85. The van der Waals surface area contributed by atoms with Crippen LogP contribution in [0.25, 0.3) is 10.4 Å². The topological polar surface area (TPSA) is 0 Å². The van der Waals surface area contributed by atoms with E-state index in [9.17, 15) is 4.39 Å². The van der Waals surface area contributed by atoms with Crippen LogP contribution in [0, 0.1) is 6.92 Å². The fourth-order valence-electron chi connectivity index (χ4n) is 1.40. The first-order valence-corrected chi connectivity index (χ1v) is 5.33. The number of thiophene rings is 1. The van der Waals surface area contributed by atoms with Crippen LogP contribution in [0.2, 0.25) is 0 Å². The molecule has 0 aliphatic carbocycles. The summed E-state index contributed by atoms with van der Waals surface area (Å²) in [7, 11) is 0. The second-order valence-electron chi connectivity index (χ2n) is 3.24. The fraction of sp³-hybridized carbons (Fsp3) is 0.167. The van der Waals surface area contributed by atoms with E-state index in [2.05, 4.69) is 19.1 Å². The molecule has 0 spiro atoms. The Hall–Kier alpha value is -1.15. The number of hydrogen-bond donors (Lipinski definition) is 0. The maximum absolute atomic E-state index is 12.4. The number of halogens is 1. The average molecular weight is 206 g/mol. The molecule has 2 aromatic rings. The van der Waals surface area contributed by atoms with Crippen LogP contribution in [0.1, 0.15) is 10.4 Å². The molecule has 0 bridgehead atoms. The minimum atomic E-state index is -0.391. The molecule has 0 nitrogen and oxygen atoms in total. The predicted octanol–water partition coefficient (Wildman–Crippen LogP) is 4.19. The van der Waals surface area contributed by atoms with E-state index in [0.29, 0.717) is 0 Å². The van der Waals surface area contributed by atoms with Crippen LogP contribution in [-0.4, -0.2) is 0 Å². The summed E-state index contributed by atoms with van der Waals surface area (Å²) in [5, 5.41) is 0. The fourth-order valence-corrected chi connectivity index (χ4v) is 2.26. The SMILES string of the molecule is Cc1ccc(-c2cccc(CF)c2)s1. The maximum atomic E-state index is 12.4. The minimum Gasteiger partial charge on any atom is -0.246 e. The van der Waals surface area contributed by atoms with Crippen molar-refractivity contribution in [1.82, 2.24) is 0 Å². The molecule has 0 N–H and O–H groups in total. The average Bonchev–Trinajstić information content (AvgIpc) is 2.65. The van der Waals surface area contributed by atoms with Crippen LogP contribution in [0.3, 0.4) is 0 Å². The summed E-state index contributed by atoms with van der Waals surface area (Å²) in [6.07, 6.45) is 0. The Bertz CT molecular complexity index is 431. The Morgan fingerprint density at radius 1 is 1.21 bits per heavy atom. The number of alkyl halides is 1. The molecule has 0 saturated carbocycles. The second-order valence-corrected chi connectivity index (χ2v) is 4.53. The van der Waals surface area contributed by atoms with E-state index in [0.717, 1.165) is 11.1 Å². The van der Waals surface area contributed by atoms with Gasteiger partial charge in [0.1, 0.15) is 6.67 Å². The zero-order valence-corrected chi connectivity index (χ0v) is 8.77. The molecule has 2 heteroatoms. The number of benzene rings is 1. The largest absolute Gasteiger partial charge is 0.246 e. The Morgan fingerprint density at radius 2 is 2.07 bits per heavy atom. The van der Waals surface area contributed by atoms with Crippen LogP contribution in [-0.2, 0) is 6.67 Å². The molecule has 1 heterocycles. The monoisotopic (exact) mass is 206 g/mol. The quantitative estimate of drug-likeness (QED) is 0.691. The van der Waals surface area contributed by atoms with Crippen molar-refractivity contribution < 1.29 is 4.39 Å². The van der Waals surface area contributed by atoms with Crippen LogP contribution >= 0.6 is 11.3 Å². The van der Waals surface area contributed by atoms with Crippen molar-refractivity contribution >= 4 is 11.3 Å².